The predicted octanol–water partition coefficient (Wildman–Crippen LogP) is 3.19. The van der Waals surface area contributed by atoms with E-state index >= 15 is 0 Å². The third-order valence-corrected chi connectivity index (χ3v) is 5.32. The minimum Gasteiger partial charge on any atom is -0.380 e. The van der Waals surface area contributed by atoms with Crippen LogP contribution in [0.3, 0.4) is 0 Å². The third-order valence-electron chi connectivity index (χ3n) is 5.32. The van der Waals surface area contributed by atoms with Crippen LogP contribution in [0.25, 0.3) is 22.1 Å². The maximum Gasteiger partial charge on any atom is 0.333 e. The van der Waals surface area contributed by atoms with E-state index in [1.807, 2.05) is 0 Å². The first kappa shape index (κ1) is 15.5. The quantitative estimate of drug-likeness (QED) is 0.753. The Bertz CT molecular complexity index is 1030. The highest BCUT2D eigenvalue weighted by atomic mass is 19.3. The van der Waals surface area contributed by atoms with E-state index in [1.165, 1.54) is 12.4 Å². The fourth-order valence-electron chi connectivity index (χ4n) is 3.80. The van der Waals surface area contributed by atoms with E-state index in [9.17, 15) is 13.6 Å². The highest BCUT2D eigenvalue weighted by Gasteiger charge is 2.43. The maximum atomic E-state index is 13.1. The molecule has 136 valence electrons. The zero-order valence-electron chi connectivity index (χ0n) is 13.8. The van der Waals surface area contributed by atoms with Gasteiger partial charge in [0.05, 0.1) is 6.20 Å². The summed E-state index contributed by atoms with van der Waals surface area (Å²) in [6.07, 6.45) is 8.66. The Labute approximate surface area is 146 Å². The summed E-state index contributed by atoms with van der Waals surface area (Å²) in [6.45, 7) is -2.74. The molecule has 0 unspecified atom stereocenters. The Morgan fingerprint density at radius 1 is 1.19 bits per heavy atom. The van der Waals surface area contributed by atoms with E-state index in [1.54, 1.807) is 10.8 Å². The lowest BCUT2D eigenvalue weighted by atomic mass is 10.0. The number of alkyl halides is 2. The van der Waals surface area contributed by atoms with E-state index in [0.29, 0.717) is 27.6 Å². The summed E-state index contributed by atoms with van der Waals surface area (Å²) in [5, 5.41) is 7.61. The molecule has 0 aliphatic heterocycles. The number of nitrogen functional groups attached to an aromatic ring is 1. The van der Waals surface area contributed by atoms with Crippen molar-refractivity contribution < 1.29 is 13.3 Å². The van der Waals surface area contributed by atoms with Crippen LogP contribution in [0, 0.1) is 11.8 Å². The molecular formula is C17H17F2N5O2. The molecule has 26 heavy (non-hydrogen) atoms. The van der Waals surface area contributed by atoms with Crippen molar-refractivity contribution in [1.29, 1.82) is 0 Å². The highest BCUT2D eigenvalue weighted by molar-refractivity contribution is 5.96. The summed E-state index contributed by atoms with van der Waals surface area (Å²) in [5.41, 5.74) is 6.79. The Morgan fingerprint density at radius 3 is 2.46 bits per heavy atom. The SMILES string of the molecule is Nc1noc2c(-c3cnn(C(F)F)c3)cn(C(C3CC3)C3CC3)c(=O)c12. The zero-order chi connectivity index (χ0) is 18.0. The molecular weight excluding hydrogens is 344 g/mol. The molecule has 3 aromatic rings. The molecule has 3 aromatic heterocycles. The van der Waals surface area contributed by atoms with Crippen LogP contribution in [0.15, 0.2) is 27.9 Å². The van der Waals surface area contributed by atoms with Gasteiger partial charge in [-0.2, -0.15) is 13.9 Å². The van der Waals surface area contributed by atoms with Crippen molar-refractivity contribution in [2.45, 2.75) is 38.3 Å². The summed E-state index contributed by atoms with van der Waals surface area (Å²) in [6, 6.07) is 0.116. The lowest BCUT2D eigenvalue weighted by Crippen LogP contribution is -2.27. The minimum absolute atomic E-state index is 0.0206. The number of pyridine rings is 1. The van der Waals surface area contributed by atoms with Crippen molar-refractivity contribution in [3.05, 3.63) is 28.9 Å². The van der Waals surface area contributed by atoms with Crippen LogP contribution in [0.1, 0.15) is 38.3 Å². The zero-order valence-corrected chi connectivity index (χ0v) is 13.8. The Hall–Kier alpha value is -2.71. The molecule has 0 saturated heterocycles. The summed E-state index contributed by atoms with van der Waals surface area (Å²) in [5.74, 6) is 0.984. The van der Waals surface area contributed by atoms with Crippen LogP contribution in [-0.2, 0) is 0 Å². The van der Waals surface area contributed by atoms with Crippen molar-refractivity contribution in [1.82, 2.24) is 19.5 Å². The number of fused-ring (bicyclic) bond motifs is 1. The number of nitrogens with two attached hydrogens (primary N) is 1. The number of nitrogens with zero attached hydrogens (tertiary/aromatic N) is 4. The first-order valence-electron chi connectivity index (χ1n) is 8.67. The first-order valence-corrected chi connectivity index (χ1v) is 8.67. The summed E-state index contributed by atoms with van der Waals surface area (Å²) >= 11 is 0. The molecule has 0 radical (unpaired) electrons. The van der Waals surface area contributed by atoms with Gasteiger partial charge in [0, 0.05) is 29.6 Å². The molecule has 0 amide bonds. The Kier molecular flexibility index (Phi) is 3.22. The Morgan fingerprint density at radius 2 is 1.88 bits per heavy atom. The molecule has 5 rings (SSSR count). The fraction of sp³-hybridized carbons (Fsp3) is 0.471. The average Bonchev–Trinajstić information content (AvgIpc) is 3.53. The summed E-state index contributed by atoms with van der Waals surface area (Å²) in [4.78, 5) is 13.1. The van der Waals surface area contributed by atoms with Crippen molar-refractivity contribution in [2.24, 2.45) is 11.8 Å². The summed E-state index contributed by atoms with van der Waals surface area (Å²) < 4.78 is 33.4. The van der Waals surface area contributed by atoms with Gasteiger partial charge in [-0.15, -0.1) is 0 Å². The molecule has 0 atom stereocenters. The van der Waals surface area contributed by atoms with Crippen molar-refractivity contribution >= 4 is 16.8 Å². The molecule has 2 aliphatic carbocycles. The van der Waals surface area contributed by atoms with Crippen LogP contribution in [0.4, 0.5) is 14.6 Å². The minimum atomic E-state index is -2.74. The van der Waals surface area contributed by atoms with E-state index in [4.69, 9.17) is 10.3 Å². The molecule has 2 N–H and O–H groups in total. The molecule has 0 aromatic carbocycles. The van der Waals surface area contributed by atoms with Gasteiger partial charge in [-0.25, -0.2) is 4.68 Å². The number of hydrogen-bond acceptors (Lipinski definition) is 5. The van der Waals surface area contributed by atoms with E-state index in [-0.39, 0.29) is 28.4 Å². The molecule has 3 heterocycles. The molecule has 7 nitrogen and oxygen atoms in total. The first-order chi connectivity index (χ1) is 12.5. The Balaban J connectivity index is 1.74. The standard InChI is InChI=1S/C17H17F2N5O2/c18-17(19)24-6-10(5-21-24)11-7-23(13(8-1-2-8)9-3-4-9)16(25)12-14(11)26-22-15(12)20/h5-9,13,17H,1-4H2,(H2,20,22). The normalized spacial score (nSPS) is 17.7. The van der Waals surface area contributed by atoms with E-state index in [0.717, 1.165) is 25.7 Å². The number of halogens is 2. The van der Waals surface area contributed by atoms with Gasteiger partial charge >= 0.3 is 6.55 Å². The number of hydrogen-bond donors (Lipinski definition) is 1. The van der Waals surface area contributed by atoms with Crippen LogP contribution in [0.5, 0.6) is 0 Å². The van der Waals surface area contributed by atoms with Gasteiger partial charge in [-0.05, 0) is 37.5 Å². The van der Waals surface area contributed by atoms with Gasteiger partial charge in [0.15, 0.2) is 11.4 Å². The van der Waals surface area contributed by atoms with Gasteiger partial charge in [-0.3, -0.25) is 4.79 Å². The molecule has 2 aliphatic rings. The van der Waals surface area contributed by atoms with Gasteiger partial charge in [-0.1, -0.05) is 5.16 Å². The second-order valence-electron chi connectivity index (χ2n) is 7.18. The third kappa shape index (κ3) is 2.33. The smallest absolute Gasteiger partial charge is 0.333 e. The summed E-state index contributed by atoms with van der Waals surface area (Å²) in [7, 11) is 0. The molecule has 2 fully saturated rings. The number of anilines is 1. The second-order valence-corrected chi connectivity index (χ2v) is 7.18. The highest BCUT2D eigenvalue weighted by Crippen LogP contribution is 2.52. The van der Waals surface area contributed by atoms with Gasteiger partial charge < -0.3 is 14.8 Å². The topological polar surface area (TPSA) is 91.9 Å². The van der Waals surface area contributed by atoms with E-state index in [2.05, 4.69) is 10.3 Å². The lowest BCUT2D eigenvalue weighted by Gasteiger charge is -2.20. The predicted molar refractivity (Wildman–Crippen MR) is 89.6 cm³/mol. The maximum absolute atomic E-state index is 13.1. The van der Waals surface area contributed by atoms with Crippen molar-refractivity contribution in [3.63, 3.8) is 0 Å². The van der Waals surface area contributed by atoms with Crippen LogP contribution in [0.2, 0.25) is 0 Å². The largest absolute Gasteiger partial charge is 0.380 e. The van der Waals surface area contributed by atoms with Crippen LogP contribution < -0.4 is 11.3 Å². The van der Waals surface area contributed by atoms with E-state index < -0.39 is 6.55 Å². The van der Waals surface area contributed by atoms with Crippen LogP contribution in [-0.4, -0.2) is 19.5 Å². The van der Waals surface area contributed by atoms with Crippen molar-refractivity contribution in [3.8, 4) is 11.1 Å². The molecule has 2 saturated carbocycles. The molecule has 9 heteroatoms. The van der Waals surface area contributed by atoms with Gasteiger partial charge in [0.1, 0.15) is 5.39 Å². The second kappa shape index (κ2) is 5.39. The molecule has 0 bridgehead atoms. The average molecular weight is 361 g/mol. The number of aromatic nitrogens is 4. The van der Waals surface area contributed by atoms with Gasteiger partial charge in [0.25, 0.3) is 5.56 Å². The van der Waals surface area contributed by atoms with Gasteiger partial charge in [0.2, 0.25) is 0 Å². The monoisotopic (exact) mass is 361 g/mol. The molecule has 0 spiro atoms. The van der Waals surface area contributed by atoms with Crippen LogP contribution >= 0.6 is 0 Å². The lowest BCUT2D eigenvalue weighted by molar-refractivity contribution is 0.0566. The number of rotatable bonds is 5. The fourth-order valence-corrected chi connectivity index (χ4v) is 3.80. The van der Waals surface area contributed by atoms with Crippen molar-refractivity contribution in [2.75, 3.05) is 5.73 Å².